The fourth-order valence-electron chi connectivity index (χ4n) is 6.52. The molecule has 1 saturated heterocycles. The molecule has 0 aliphatic carbocycles. The van der Waals surface area contributed by atoms with E-state index in [1.54, 1.807) is 6.92 Å². The second-order valence-electron chi connectivity index (χ2n) is 16.2. The first kappa shape index (κ1) is 53.9. The molecule has 1 fully saturated rings. The highest BCUT2D eigenvalue weighted by Crippen LogP contribution is 2.22. The van der Waals surface area contributed by atoms with Crippen LogP contribution in [0.3, 0.4) is 0 Å². The zero-order valence-electron chi connectivity index (χ0n) is 36.7. The highest BCUT2D eigenvalue weighted by Gasteiger charge is 2.41. The van der Waals surface area contributed by atoms with E-state index in [0.717, 1.165) is 0 Å². The predicted molar refractivity (Wildman–Crippen MR) is 227 cm³/mol. The summed E-state index contributed by atoms with van der Waals surface area (Å²) in [6, 6.07) is -9.38. The fraction of sp³-hybridized carbons (Fsp3) is 0.769. The number of aliphatic carboxylic acids is 1. The number of amides is 7. The van der Waals surface area contributed by atoms with Gasteiger partial charge in [0.05, 0.1) is 12.1 Å². The van der Waals surface area contributed by atoms with Gasteiger partial charge < -0.3 is 69.9 Å². The van der Waals surface area contributed by atoms with E-state index in [-0.39, 0.29) is 57.1 Å². The first-order valence-corrected chi connectivity index (χ1v) is 21.1. The second kappa shape index (κ2) is 27.0. The Morgan fingerprint density at radius 2 is 1.30 bits per heavy atom. The average molecular weight is 869 g/mol. The van der Waals surface area contributed by atoms with E-state index in [1.807, 2.05) is 20.8 Å². The van der Waals surface area contributed by atoms with Crippen molar-refractivity contribution in [3.05, 3.63) is 0 Å². The van der Waals surface area contributed by atoms with Gasteiger partial charge in [0.25, 0.3) is 0 Å². The number of hydrogen-bond donors (Lipinski definition) is 12. The largest absolute Gasteiger partial charge is 0.480 e. The number of aliphatic imine (C=N–C) groups is 1. The summed E-state index contributed by atoms with van der Waals surface area (Å²) in [5.41, 5.74) is 22.2. The van der Waals surface area contributed by atoms with Gasteiger partial charge in [-0.15, -0.1) is 0 Å². The lowest BCUT2D eigenvalue weighted by Gasteiger charge is -2.33. The molecule has 22 heteroatoms. The molecule has 0 aromatic carbocycles. The molecule has 1 aliphatic heterocycles. The normalized spacial score (nSPS) is 18.1. The Kier molecular flexibility index (Phi) is 23.9. The Morgan fingerprint density at radius 1 is 0.738 bits per heavy atom. The van der Waals surface area contributed by atoms with Gasteiger partial charge in [0.15, 0.2) is 5.96 Å². The van der Waals surface area contributed by atoms with E-state index in [9.17, 15) is 48.6 Å². The summed E-state index contributed by atoms with van der Waals surface area (Å²) < 4.78 is 0. The molecular formula is C39H72N12O10. The monoisotopic (exact) mass is 869 g/mol. The molecular weight excluding hydrogens is 797 g/mol. The Balaban J connectivity index is 3.39. The SMILES string of the molecule is CC[C@H](C)[C@H](NC(=O)[C@H](CC(C)C)NC(=O)[C@@H](NC(=O)[C@H](C)N)[C@@H](C)O)C(=O)N1CCC[C@H]1C(=O)N[C@@H](CCCN=C(N)N)C(=O)N[C@@H](CCCCN)C(=O)N[C@@H](C)C(=O)O. The van der Waals surface area contributed by atoms with E-state index in [2.05, 4.69) is 36.9 Å². The van der Waals surface area contributed by atoms with Gasteiger partial charge in [-0.05, 0) is 90.5 Å². The summed E-state index contributed by atoms with van der Waals surface area (Å²) in [6.07, 6.45) is 1.27. The number of unbranched alkanes of at least 4 members (excludes halogenated alkanes) is 1. The van der Waals surface area contributed by atoms with Crippen LogP contribution in [-0.2, 0) is 38.4 Å². The number of carboxylic acids is 1. The van der Waals surface area contributed by atoms with Crippen LogP contribution in [0.4, 0.5) is 0 Å². The maximum absolute atomic E-state index is 14.4. The van der Waals surface area contributed by atoms with Crippen LogP contribution >= 0.6 is 0 Å². The smallest absolute Gasteiger partial charge is 0.325 e. The first-order valence-electron chi connectivity index (χ1n) is 21.1. The summed E-state index contributed by atoms with van der Waals surface area (Å²) in [4.78, 5) is 112. The predicted octanol–water partition coefficient (Wildman–Crippen LogP) is -3.01. The minimum Gasteiger partial charge on any atom is -0.480 e. The van der Waals surface area contributed by atoms with E-state index in [1.165, 1.54) is 25.7 Å². The molecule has 0 unspecified atom stereocenters. The van der Waals surface area contributed by atoms with Gasteiger partial charge in [-0.1, -0.05) is 34.1 Å². The number of nitrogens with zero attached hydrogens (tertiary/aromatic N) is 2. The fourth-order valence-corrected chi connectivity index (χ4v) is 6.52. The number of carbonyl (C=O) groups excluding carboxylic acids is 7. The number of hydrogen-bond acceptors (Lipinski definition) is 12. The zero-order chi connectivity index (χ0) is 46.6. The van der Waals surface area contributed by atoms with E-state index in [4.69, 9.17) is 22.9 Å². The molecule has 61 heavy (non-hydrogen) atoms. The minimum absolute atomic E-state index is 0.0248. The van der Waals surface area contributed by atoms with Crippen LogP contribution in [-0.4, -0.2) is 142 Å². The van der Waals surface area contributed by atoms with Crippen LogP contribution in [0.25, 0.3) is 0 Å². The molecule has 1 heterocycles. The third-order valence-corrected chi connectivity index (χ3v) is 10.3. The Bertz CT molecular complexity index is 1520. The Hall–Kier alpha value is -5.09. The van der Waals surface area contributed by atoms with Crippen LogP contribution in [0.15, 0.2) is 4.99 Å². The van der Waals surface area contributed by atoms with E-state index < -0.39 is 108 Å². The summed E-state index contributed by atoms with van der Waals surface area (Å²) in [5, 5.41) is 35.1. The molecule has 0 spiro atoms. The van der Waals surface area contributed by atoms with Gasteiger partial charge in [0.2, 0.25) is 41.4 Å². The van der Waals surface area contributed by atoms with Crippen LogP contribution in [0.1, 0.15) is 106 Å². The van der Waals surface area contributed by atoms with Crippen molar-refractivity contribution in [3.8, 4) is 0 Å². The molecule has 0 radical (unpaired) electrons. The highest BCUT2D eigenvalue weighted by molar-refractivity contribution is 5.98. The second-order valence-corrected chi connectivity index (χ2v) is 16.2. The number of carbonyl (C=O) groups is 8. The van der Waals surface area contributed by atoms with Crippen LogP contribution in [0.5, 0.6) is 0 Å². The number of nitrogens with two attached hydrogens (primary N) is 4. The van der Waals surface area contributed by atoms with Gasteiger partial charge in [-0.25, -0.2) is 0 Å². The molecule has 1 aliphatic rings. The molecule has 1 rings (SSSR count). The summed E-state index contributed by atoms with van der Waals surface area (Å²) in [7, 11) is 0. The maximum atomic E-state index is 14.4. The van der Waals surface area contributed by atoms with Crippen LogP contribution < -0.4 is 54.8 Å². The van der Waals surface area contributed by atoms with E-state index in [0.29, 0.717) is 32.2 Å². The quantitative estimate of drug-likeness (QED) is 0.0222. The average Bonchev–Trinajstić information content (AvgIpc) is 3.68. The zero-order valence-corrected chi connectivity index (χ0v) is 36.7. The van der Waals surface area contributed by atoms with Crippen LogP contribution in [0, 0.1) is 11.8 Å². The Labute approximate surface area is 358 Å². The van der Waals surface area contributed by atoms with Crippen molar-refractivity contribution in [1.29, 1.82) is 0 Å². The van der Waals surface area contributed by atoms with Crippen molar-refractivity contribution in [3.63, 3.8) is 0 Å². The lowest BCUT2D eigenvalue weighted by atomic mass is 9.95. The summed E-state index contributed by atoms with van der Waals surface area (Å²) in [6.45, 7) is 11.8. The highest BCUT2D eigenvalue weighted by atomic mass is 16.4. The molecule has 10 atom stereocenters. The topological polar surface area (TPSA) is 369 Å². The molecule has 7 amide bonds. The van der Waals surface area contributed by atoms with Crippen molar-refractivity contribution in [2.75, 3.05) is 19.6 Å². The van der Waals surface area contributed by atoms with Crippen molar-refractivity contribution < 1.29 is 48.6 Å². The molecule has 0 bridgehead atoms. The molecule has 0 aromatic heterocycles. The van der Waals surface area contributed by atoms with Gasteiger partial charge in [-0.2, -0.15) is 0 Å². The number of nitrogens with one attached hydrogen (secondary N) is 6. The van der Waals surface area contributed by atoms with Gasteiger partial charge in [0.1, 0.15) is 42.3 Å². The summed E-state index contributed by atoms with van der Waals surface area (Å²) >= 11 is 0. The molecule has 16 N–H and O–H groups in total. The number of aliphatic hydroxyl groups excluding tert-OH is 1. The number of likely N-dealkylation sites (tertiary alicyclic amines) is 1. The number of guanidine groups is 1. The number of carboxylic acid groups (broad SMARTS) is 1. The first-order chi connectivity index (χ1) is 28.5. The van der Waals surface area contributed by atoms with Crippen LogP contribution in [0.2, 0.25) is 0 Å². The molecule has 0 saturated carbocycles. The lowest BCUT2D eigenvalue weighted by molar-refractivity contribution is -0.144. The maximum Gasteiger partial charge on any atom is 0.325 e. The lowest BCUT2D eigenvalue weighted by Crippen LogP contribution is -2.61. The third-order valence-electron chi connectivity index (χ3n) is 10.3. The molecule has 22 nitrogen and oxygen atoms in total. The van der Waals surface area contributed by atoms with Crippen molar-refractivity contribution in [2.24, 2.45) is 39.8 Å². The van der Waals surface area contributed by atoms with Crippen molar-refractivity contribution in [2.45, 2.75) is 161 Å². The summed E-state index contributed by atoms with van der Waals surface area (Å²) in [5.74, 6) is -6.89. The van der Waals surface area contributed by atoms with Gasteiger partial charge in [0, 0.05) is 13.1 Å². The number of aliphatic hydroxyl groups is 1. The minimum atomic E-state index is -1.42. The molecule has 0 aromatic rings. The third kappa shape index (κ3) is 18.6. The van der Waals surface area contributed by atoms with Gasteiger partial charge in [-0.3, -0.25) is 43.3 Å². The standard InChI is InChI=1S/C39H72N12O10/c1-8-21(4)29(49-34(56)27(19-20(2)3)48-36(58)30(24(7)52)50-31(53)22(5)41)37(59)51-18-12-15-28(51)35(57)47-26(14-11-17-44-39(42)43)33(55)46-25(13-9-10-16-40)32(54)45-23(6)38(60)61/h20-30,52H,8-19,40-41H2,1-7H3,(H,45,54)(H,46,55)(H,47,57)(H,48,58)(H,49,56)(H,50,53)(H,60,61)(H4,42,43,44)/t21-,22-,23-,24+,25-,26-,27-,28-,29-,30-/m0/s1. The van der Waals surface area contributed by atoms with E-state index >= 15 is 0 Å². The Morgan fingerprint density at radius 3 is 1.84 bits per heavy atom. The number of rotatable bonds is 27. The van der Waals surface area contributed by atoms with Crippen molar-refractivity contribution >= 4 is 53.3 Å². The van der Waals surface area contributed by atoms with Crippen molar-refractivity contribution in [1.82, 2.24) is 36.8 Å². The van der Waals surface area contributed by atoms with Gasteiger partial charge >= 0.3 is 5.97 Å². The molecule has 348 valence electrons.